The Labute approximate surface area is 303 Å². The van der Waals surface area contributed by atoms with E-state index < -0.39 is 11.9 Å². The minimum Gasteiger partial charge on any atom is -0.483 e. The standard InChI is InChI=1S/C11H15NO.C7H8.C6H12N2O2.C5H12.2C2H6.CH3NO.CH2O2.CH2OS.CH4/c1-3-9(2)11(13)12-10-7-5-4-6-8-10;1-7-5-3-2-4-6-7;1-2-3-5(6(7)10)8-4-9;1-4-5(2)3;2*1-2;3*2-1-3;/h4-9H,3H2,1-2H3,(H,12,13);2-6H,1H3;4-5H,2-3H2,1H3,(H2,7,10)(H,8,9);5H,4H2,1-3H3;2*1-2H3;1H,(H2,2,3);2*1H,(H,2,3);1H4. The number of carbonyl (C=O) groups is 6. The van der Waals surface area contributed by atoms with Crippen molar-refractivity contribution in [3.05, 3.63) is 66.2 Å². The molecular formula is C37H70N4O7S. The zero-order valence-corrected chi connectivity index (χ0v) is 32.0. The third kappa shape index (κ3) is 67.0. The van der Waals surface area contributed by atoms with Crippen LogP contribution in [0.2, 0.25) is 0 Å². The topological polar surface area (TPSA) is 199 Å². The Morgan fingerprint density at radius 1 is 0.837 bits per heavy atom. The number of benzene rings is 2. The van der Waals surface area contributed by atoms with Gasteiger partial charge < -0.3 is 27.2 Å². The zero-order valence-electron chi connectivity index (χ0n) is 31.1. The van der Waals surface area contributed by atoms with Gasteiger partial charge in [0.05, 0.1) is 0 Å². The Bertz CT molecular complexity index is 923. The van der Waals surface area contributed by atoms with Gasteiger partial charge in [-0.15, -0.1) is 12.6 Å². The molecule has 2 rings (SSSR count). The first-order valence-electron chi connectivity index (χ1n) is 16.0. The number of amides is 4. The molecule has 0 saturated heterocycles. The molecule has 0 bridgehead atoms. The van der Waals surface area contributed by atoms with E-state index >= 15 is 0 Å². The van der Waals surface area contributed by atoms with Crippen LogP contribution >= 0.6 is 12.6 Å². The van der Waals surface area contributed by atoms with Gasteiger partial charge in [0.1, 0.15) is 6.04 Å². The molecule has 49 heavy (non-hydrogen) atoms. The van der Waals surface area contributed by atoms with Crippen molar-refractivity contribution in [1.82, 2.24) is 5.32 Å². The number of hydrogen-bond acceptors (Lipinski definition) is 6. The third-order valence-corrected chi connectivity index (χ3v) is 5.05. The highest BCUT2D eigenvalue weighted by atomic mass is 32.1. The summed E-state index contributed by atoms with van der Waals surface area (Å²) in [6, 6.07) is 19.3. The first kappa shape index (κ1) is 63.5. The Morgan fingerprint density at radius 3 is 1.41 bits per heavy atom. The average molecular weight is 715 g/mol. The van der Waals surface area contributed by atoms with Crippen LogP contribution in [0, 0.1) is 18.8 Å². The van der Waals surface area contributed by atoms with Crippen molar-refractivity contribution in [1.29, 1.82) is 0 Å². The van der Waals surface area contributed by atoms with Gasteiger partial charge in [0.15, 0.2) is 5.62 Å². The van der Waals surface area contributed by atoms with Crippen LogP contribution in [0.3, 0.4) is 0 Å². The maximum atomic E-state index is 11.4. The Hall–Kier alpha value is -4.19. The van der Waals surface area contributed by atoms with Crippen LogP contribution in [-0.4, -0.2) is 47.9 Å². The number of hydrogen-bond donors (Lipinski definition) is 6. The zero-order chi connectivity index (χ0) is 39.2. The van der Waals surface area contributed by atoms with Crippen LogP contribution in [0.5, 0.6) is 0 Å². The molecule has 286 valence electrons. The third-order valence-electron chi connectivity index (χ3n) is 5.05. The maximum absolute atomic E-state index is 11.4. The van der Waals surface area contributed by atoms with E-state index in [9.17, 15) is 14.4 Å². The number of aryl methyl sites for hydroxylation is 1. The summed E-state index contributed by atoms with van der Waals surface area (Å²) >= 11 is 3.11. The molecule has 2 atom stereocenters. The molecule has 0 aliphatic carbocycles. The molecule has 7 N–H and O–H groups in total. The monoisotopic (exact) mass is 714 g/mol. The van der Waals surface area contributed by atoms with Gasteiger partial charge >= 0.3 is 0 Å². The summed E-state index contributed by atoms with van der Waals surface area (Å²) in [5.41, 5.74) is 11.7. The maximum Gasteiger partial charge on any atom is 0.290 e. The number of rotatable bonds is 9. The lowest BCUT2D eigenvalue weighted by Gasteiger charge is -2.09. The predicted octanol–water partition coefficient (Wildman–Crippen LogP) is 7.70. The molecule has 4 amide bonds. The molecule has 0 heterocycles. The highest BCUT2D eigenvalue weighted by Gasteiger charge is 2.11. The predicted molar refractivity (Wildman–Crippen MR) is 212 cm³/mol. The molecule has 0 saturated carbocycles. The fourth-order valence-electron chi connectivity index (χ4n) is 2.19. The Kier molecular flexibility index (Phi) is 76.8. The van der Waals surface area contributed by atoms with Crippen LogP contribution in [0.15, 0.2) is 60.7 Å². The number of thiol groups is 1. The smallest absolute Gasteiger partial charge is 0.290 e. The fraction of sp³-hybridized carbons (Fsp3) is 0.514. The summed E-state index contributed by atoms with van der Waals surface area (Å²) in [6.45, 7) is 22.3. The van der Waals surface area contributed by atoms with Crippen LogP contribution in [0.4, 0.5) is 5.69 Å². The van der Waals surface area contributed by atoms with Gasteiger partial charge in [-0.2, -0.15) is 0 Å². The van der Waals surface area contributed by atoms with Crippen LogP contribution < -0.4 is 22.1 Å². The minimum absolute atomic E-state index is 0. The second kappa shape index (κ2) is 59.3. The molecular weight excluding hydrogens is 644 g/mol. The second-order valence-corrected chi connectivity index (χ2v) is 9.21. The summed E-state index contributed by atoms with van der Waals surface area (Å²) in [5.74, 6) is 0.581. The normalized spacial score (nSPS) is 8.92. The van der Waals surface area contributed by atoms with E-state index in [1.807, 2.05) is 97.0 Å². The molecule has 0 aromatic heterocycles. The molecule has 12 heteroatoms. The van der Waals surface area contributed by atoms with E-state index in [2.05, 4.69) is 68.8 Å². The molecule has 0 fully saturated rings. The van der Waals surface area contributed by atoms with Crippen molar-refractivity contribution in [2.45, 2.75) is 115 Å². The number of primary amides is 2. The second-order valence-electron chi connectivity index (χ2n) is 9.00. The van der Waals surface area contributed by atoms with Gasteiger partial charge in [0, 0.05) is 11.6 Å². The molecule has 2 unspecified atom stereocenters. The van der Waals surface area contributed by atoms with E-state index in [1.165, 1.54) is 12.0 Å². The van der Waals surface area contributed by atoms with Gasteiger partial charge in [-0.05, 0) is 37.8 Å². The summed E-state index contributed by atoms with van der Waals surface area (Å²) in [6.07, 6.45) is 4.35. The van der Waals surface area contributed by atoms with E-state index in [0.717, 1.165) is 24.4 Å². The molecule has 0 radical (unpaired) electrons. The van der Waals surface area contributed by atoms with Crippen molar-refractivity contribution >= 4 is 55.0 Å². The van der Waals surface area contributed by atoms with Crippen molar-refractivity contribution < 1.29 is 33.9 Å². The minimum atomic E-state index is -0.498. The van der Waals surface area contributed by atoms with Gasteiger partial charge in [-0.3, -0.25) is 28.8 Å². The Balaban J connectivity index is -0.0000000699. The lowest BCUT2D eigenvalue weighted by Crippen LogP contribution is -2.40. The van der Waals surface area contributed by atoms with Crippen molar-refractivity contribution in [2.24, 2.45) is 23.3 Å². The first-order chi connectivity index (χ1) is 22.9. The molecule has 0 aliphatic rings. The Morgan fingerprint density at radius 2 is 1.18 bits per heavy atom. The summed E-state index contributed by atoms with van der Waals surface area (Å²) in [7, 11) is 0. The average Bonchev–Trinajstić information content (AvgIpc) is 3.09. The van der Waals surface area contributed by atoms with E-state index in [1.54, 1.807) is 0 Å². The SMILES string of the molecule is C.CC.CC.CCC(C)C.CCC(C)C(=O)Nc1ccccc1.CCCC(NC=O)C(N)=O.Cc1ccccc1.NC=O.O=CO.O=CS. The number of nitrogens with two attached hydrogens (primary N) is 2. The number of para-hydroxylation sites is 1. The molecule has 11 nitrogen and oxygen atoms in total. The summed E-state index contributed by atoms with van der Waals surface area (Å²) in [5, 5.41) is 12.1. The number of anilines is 1. The molecule has 2 aromatic carbocycles. The van der Waals surface area contributed by atoms with Crippen molar-refractivity contribution in [2.75, 3.05) is 5.32 Å². The molecule has 0 aliphatic heterocycles. The largest absolute Gasteiger partial charge is 0.483 e. The highest BCUT2D eigenvalue weighted by Crippen LogP contribution is 2.09. The molecule has 2 aromatic rings. The van der Waals surface area contributed by atoms with E-state index in [0.29, 0.717) is 18.4 Å². The van der Waals surface area contributed by atoms with Crippen molar-refractivity contribution in [3.8, 4) is 0 Å². The van der Waals surface area contributed by atoms with Gasteiger partial charge in [0.25, 0.3) is 6.47 Å². The number of carboxylic acid groups (broad SMARTS) is 1. The number of nitrogens with one attached hydrogen (secondary N) is 2. The molecule has 0 spiro atoms. The van der Waals surface area contributed by atoms with E-state index in [-0.39, 0.29) is 32.1 Å². The van der Waals surface area contributed by atoms with Crippen LogP contribution in [-0.2, 0) is 28.8 Å². The summed E-state index contributed by atoms with van der Waals surface area (Å²) in [4.78, 5) is 57.4. The fourth-order valence-corrected chi connectivity index (χ4v) is 2.19. The van der Waals surface area contributed by atoms with E-state index in [4.69, 9.17) is 25.2 Å². The van der Waals surface area contributed by atoms with Crippen LogP contribution in [0.1, 0.15) is 108 Å². The quantitative estimate of drug-likeness (QED) is 0.113. The van der Waals surface area contributed by atoms with Crippen molar-refractivity contribution in [3.63, 3.8) is 0 Å². The lowest BCUT2D eigenvalue weighted by molar-refractivity contribution is -0.123. The van der Waals surface area contributed by atoms with Crippen LogP contribution in [0.25, 0.3) is 0 Å². The van der Waals surface area contributed by atoms with Gasteiger partial charge in [-0.1, -0.05) is 144 Å². The van der Waals surface area contributed by atoms with Gasteiger partial charge in [-0.25, -0.2) is 0 Å². The highest BCUT2D eigenvalue weighted by molar-refractivity contribution is 7.94. The van der Waals surface area contributed by atoms with Gasteiger partial charge in [0.2, 0.25) is 24.6 Å². The summed E-state index contributed by atoms with van der Waals surface area (Å²) < 4.78 is 0. The lowest BCUT2D eigenvalue weighted by atomic mass is 10.1. The number of carbonyl (C=O) groups excluding carboxylic acids is 5. The first-order valence-corrected chi connectivity index (χ1v) is 16.6.